The lowest BCUT2D eigenvalue weighted by atomic mass is 10.3. The highest BCUT2D eigenvalue weighted by Gasteiger charge is 2.30. The second-order valence-electron chi connectivity index (χ2n) is 4.60. The third kappa shape index (κ3) is 2.82. The maximum atomic E-state index is 12.2. The van der Waals surface area contributed by atoms with Crippen LogP contribution >= 0.6 is 35.6 Å². The van der Waals surface area contributed by atoms with Gasteiger partial charge in [-0.05, 0) is 25.1 Å². The van der Waals surface area contributed by atoms with Crippen LogP contribution < -0.4 is 0 Å². The summed E-state index contributed by atoms with van der Waals surface area (Å²) >= 11 is 12.7. The van der Waals surface area contributed by atoms with Gasteiger partial charge in [0.25, 0.3) is 5.91 Å². The Kier molecular flexibility index (Phi) is 4.33. The number of halogens is 1. The minimum Gasteiger partial charge on any atom is -0.293 e. The first-order valence-corrected chi connectivity index (χ1v) is 8.25. The molecule has 2 aromatic rings. The van der Waals surface area contributed by atoms with E-state index in [-0.39, 0.29) is 5.91 Å². The van der Waals surface area contributed by atoms with E-state index in [2.05, 4.69) is 5.10 Å². The molecular weight excluding hydrogens is 338 g/mol. The summed E-state index contributed by atoms with van der Waals surface area (Å²) in [7, 11) is 0. The summed E-state index contributed by atoms with van der Waals surface area (Å²) in [6.45, 7) is 2.49. The highest BCUT2D eigenvalue weighted by Crippen LogP contribution is 2.32. The molecule has 7 heteroatoms. The van der Waals surface area contributed by atoms with Crippen LogP contribution in [0.2, 0.25) is 5.02 Å². The van der Waals surface area contributed by atoms with Crippen molar-refractivity contribution in [2.24, 2.45) is 0 Å². The molecule has 4 nitrogen and oxygen atoms in total. The molecular formula is C15H12ClN3OS2. The SMILES string of the molecule is CCN1C(=O)/C(=C/c2cnn(-c3ccccc3Cl)c2)SC1=S. The average Bonchev–Trinajstić information content (AvgIpc) is 3.05. The largest absolute Gasteiger partial charge is 0.293 e. The zero-order valence-electron chi connectivity index (χ0n) is 11.7. The molecule has 112 valence electrons. The molecule has 1 aliphatic rings. The number of para-hydroxylation sites is 1. The standard InChI is InChI=1S/C15H12ClN3OS2/c1-2-18-14(20)13(22-15(18)21)7-10-8-17-19(9-10)12-6-4-3-5-11(12)16/h3-9H,2H2,1H3/b13-7-. The Hall–Kier alpha value is -1.63. The summed E-state index contributed by atoms with van der Waals surface area (Å²) in [4.78, 5) is 14.4. The number of thiocarbonyl (C=S) groups is 1. The van der Waals surface area contributed by atoms with E-state index < -0.39 is 0 Å². The maximum Gasteiger partial charge on any atom is 0.266 e. The van der Waals surface area contributed by atoms with Crippen LogP contribution in [-0.4, -0.2) is 31.5 Å². The molecule has 1 aliphatic heterocycles. The lowest BCUT2D eigenvalue weighted by Crippen LogP contribution is -2.27. The van der Waals surface area contributed by atoms with Crippen molar-refractivity contribution in [3.8, 4) is 5.69 Å². The number of amides is 1. The second kappa shape index (κ2) is 6.24. The fourth-order valence-corrected chi connectivity index (χ4v) is 3.71. The van der Waals surface area contributed by atoms with Crippen molar-refractivity contribution in [2.75, 3.05) is 6.54 Å². The van der Waals surface area contributed by atoms with Gasteiger partial charge in [-0.15, -0.1) is 0 Å². The molecule has 1 aromatic carbocycles. The summed E-state index contributed by atoms with van der Waals surface area (Å²) in [5, 5.41) is 4.91. The molecule has 0 bridgehead atoms. The molecule has 1 saturated heterocycles. The van der Waals surface area contributed by atoms with E-state index >= 15 is 0 Å². The minimum absolute atomic E-state index is 0.0528. The van der Waals surface area contributed by atoms with Crippen LogP contribution in [0.15, 0.2) is 41.6 Å². The monoisotopic (exact) mass is 349 g/mol. The van der Waals surface area contributed by atoms with Crippen LogP contribution in [0.3, 0.4) is 0 Å². The van der Waals surface area contributed by atoms with Gasteiger partial charge in [0, 0.05) is 18.3 Å². The van der Waals surface area contributed by atoms with E-state index in [1.165, 1.54) is 11.8 Å². The zero-order valence-corrected chi connectivity index (χ0v) is 14.1. The van der Waals surface area contributed by atoms with Crippen LogP contribution in [0, 0.1) is 0 Å². The highest BCUT2D eigenvalue weighted by atomic mass is 35.5. The number of hydrogen-bond acceptors (Lipinski definition) is 4. The molecule has 0 radical (unpaired) electrons. The Morgan fingerprint density at radius 3 is 2.86 bits per heavy atom. The Labute approximate surface area is 142 Å². The molecule has 0 atom stereocenters. The molecule has 1 fully saturated rings. The van der Waals surface area contributed by atoms with Gasteiger partial charge in [0.2, 0.25) is 0 Å². The number of benzene rings is 1. The minimum atomic E-state index is -0.0528. The fraction of sp³-hybridized carbons (Fsp3) is 0.133. The summed E-state index contributed by atoms with van der Waals surface area (Å²) in [6.07, 6.45) is 5.33. The molecule has 3 rings (SSSR count). The van der Waals surface area contributed by atoms with Crippen molar-refractivity contribution in [1.29, 1.82) is 0 Å². The van der Waals surface area contributed by atoms with Gasteiger partial charge in [0.15, 0.2) is 0 Å². The van der Waals surface area contributed by atoms with Gasteiger partial charge < -0.3 is 0 Å². The normalized spacial score (nSPS) is 16.8. The van der Waals surface area contributed by atoms with Crippen molar-refractivity contribution in [3.63, 3.8) is 0 Å². The van der Waals surface area contributed by atoms with Gasteiger partial charge in [-0.1, -0.05) is 47.7 Å². The van der Waals surface area contributed by atoms with E-state index in [0.717, 1.165) is 11.3 Å². The predicted molar refractivity (Wildman–Crippen MR) is 94.1 cm³/mol. The van der Waals surface area contributed by atoms with E-state index in [1.807, 2.05) is 37.4 Å². The number of hydrogen-bond donors (Lipinski definition) is 0. The van der Waals surface area contributed by atoms with Gasteiger partial charge in [-0.2, -0.15) is 5.10 Å². The van der Waals surface area contributed by atoms with Crippen molar-refractivity contribution >= 4 is 51.9 Å². The average molecular weight is 350 g/mol. The lowest BCUT2D eigenvalue weighted by molar-refractivity contribution is -0.121. The Morgan fingerprint density at radius 2 is 2.18 bits per heavy atom. The third-order valence-electron chi connectivity index (χ3n) is 3.19. The molecule has 0 unspecified atom stereocenters. The number of carbonyl (C=O) groups excluding carboxylic acids is 1. The topological polar surface area (TPSA) is 38.1 Å². The first-order valence-electron chi connectivity index (χ1n) is 6.65. The smallest absolute Gasteiger partial charge is 0.266 e. The van der Waals surface area contributed by atoms with Crippen molar-refractivity contribution in [3.05, 3.63) is 52.2 Å². The Morgan fingerprint density at radius 1 is 1.41 bits per heavy atom. The Balaban J connectivity index is 1.90. The van der Waals surface area contributed by atoms with Crippen LogP contribution in [0.1, 0.15) is 12.5 Å². The molecule has 0 N–H and O–H groups in total. The first-order chi connectivity index (χ1) is 10.6. The van der Waals surface area contributed by atoms with Gasteiger partial charge in [0.1, 0.15) is 4.32 Å². The van der Waals surface area contributed by atoms with E-state index in [1.54, 1.807) is 21.9 Å². The van der Waals surface area contributed by atoms with Crippen LogP contribution in [0.25, 0.3) is 11.8 Å². The van der Waals surface area contributed by atoms with Gasteiger partial charge in [-0.25, -0.2) is 4.68 Å². The van der Waals surface area contributed by atoms with Crippen LogP contribution in [0.4, 0.5) is 0 Å². The molecule has 1 aromatic heterocycles. The molecule has 2 heterocycles. The summed E-state index contributed by atoms with van der Waals surface area (Å²) in [5.74, 6) is -0.0528. The third-order valence-corrected chi connectivity index (χ3v) is 4.89. The van der Waals surface area contributed by atoms with Gasteiger partial charge >= 0.3 is 0 Å². The molecule has 22 heavy (non-hydrogen) atoms. The predicted octanol–water partition coefficient (Wildman–Crippen LogP) is 3.75. The van der Waals surface area contributed by atoms with E-state index in [0.29, 0.717) is 20.8 Å². The molecule has 0 spiro atoms. The zero-order chi connectivity index (χ0) is 15.7. The first kappa shape index (κ1) is 15.3. The summed E-state index contributed by atoms with van der Waals surface area (Å²) in [5.41, 5.74) is 1.63. The number of likely N-dealkylation sites (N-methyl/N-ethyl adjacent to an activating group) is 1. The molecule has 1 amide bonds. The van der Waals surface area contributed by atoms with E-state index in [9.17, 15) is 4.79 Å². The second-order valence-corrected chi connectivity index (χ2v) is 6.68. The maximum absolute atomic E-state index is 12.2. The lowest BCUT2D eigenvalue weighted by Gasteiger charge is -2.09. The fourth-order valence-electron chi connectivity index (χ4n) is 2.10. The van der Waals surface area contributed by atoms with Gasteiger partial charge in [0.05, 0.1) is 21.8 Å². The molecule has 0 aliphatic carbocycles. The Bertz CT molecular complexity index is 785. The van der Waals surface area contributed by atoms with E-state index in [4.69, 9.17) is 23.8 Å². The van der Waals surface area contributed by atoms with Gasteiger partial charge in [-0.3, -0.25) is 9.69 Å². The quantitative estimate of drug-likeness (QED) is 0.625. The summed E-state index contributed by atoms with van der Waals surface area (Å²) in [6, 6.07) is 7.46. The van der Waals surface area contributed by atoms with Crippen LogP contribution in [-0.2, 0) is 4.79 Å². The number of nitrogens with zero attached hydrogens (tertiary/aromatic N) is 3. The van der Waals surface area contributed by atoms with Crippen LogP contribution in [0.5, 0.6) is 0 Å². The van der Waals surface area contributed by atoms with Crippen molar-refractivity contribution in [1.82, 2.24) is 14.7 Å². The number of carbonyl (C=O) groups is 1. The molecule has 0 saturated carbocycles. The van der Waals surface area contributed by atoms with Crippen molar-refractivity contribution in [2.45, 2.75) is 6.92 Å². The number of aromatic nitrogens is 2. The number of thioether (sulfide) groups is 1. The highest BCUT2D eigenvalue weighted by molar-refractivity contribution is 8.26. The van der Waals surface area contributed by atoms with Crippen molar-refractivity contribution < 1.29 is 4.79 Å². The number of rotatable bonds is 3. The summed E-state index contributed by atoms with van der Waals surface area (Å²) < 4.78 is 2.28.